The second kappa shape index (κ2) is 8.48. The number of likely N-dealkylation sites (N-methyl/N-ethyl adjacent to an activating group) is 1. The lowest BCUT2D eigenvalue weighted by atomic mass is 10.2. The molecule has 0 radical (unpaired) electrons. The van der Waals surface area contributed by atoms with Crippen LogP contribution in [0.3, 0.4) is 0 Å². The van der Waals surface area contributed by atoms with Crippen LogP contribution >= 0.6 is 15.9 Å². The van der Waals surface area contributed by atoms with Crippen molar-refractivity contribution >= 4 is 21.6 Å². The number of ether oxygens (including phenoxy) is 1. The van der Waals surface area contributed by atoms with Gasteiger partial charge in [-0.05, 0) is 33.6 Å². The van der Waals surface area contributed by atoms with Gasteiger partial charge in [-0.15, -0.1) is 0 Å². The molecule has 1 rings (SSSR count). The minimum atomic E-state index is 0.156. The number of halogens is 1. The highest BCUT2D eigenvalue weighted by molar-refractivity contribution is 9.10. The lowest BCUT2D eigenvalue weighted by Gasteiger charge is -2.20. The van der Waals surface area contributed by atoms with Gasteiger partial charge in [0.25, 0.3) is 0 Å². The maximum absolute atomic E-state index is 8.93. The summed E-state index contributed by atoms with van der Waals surface area (Å²) in [6.45, 7) is 3.18. The van der Waals surface area contributed by atoms with E-state index in [-0.39, 0.29) is 6.61 Å². The molecule has 0 aromatic heterocycles. The quantitative estimate of drug-likeness (QED) is 0.715. The molecule has 0 aliphatic rings. The van der Waals surface area contributed by atoms with Crippen molar-refractivity contribution in [3.63, 3.8) is 0 Å². The van der Waals surface area contributed by atoms with Gasteiger partial charge in [0.1, 0.15) is 0 Å². The molecule has 0 aliphatic carbocycles. The van der Waals surface area contributed by atoms with Crippen LogP contribution in [-0.4, -0.2) is 45.6 Å². The lowest BCUT2D eigenvalue weighted by molar-refractivity contribution is 0.199. The normalized spacial score (nSPS) is 10.7. The third kappa shape index (κ3) is 4.94. The molecule has 18 heavy (non-hydrogen) atoms. The number of aliphatic hydroxyl groups is 1. The van der Waals surface area contributed by atoms with E-state index < -0.39 is 0 Å². The Morgan fingerprint density at radius 1 is 1.44 bits per heavy atom. The van der Waals surface area contributed by atoms with Gasteiger partial charge in [-0.25, -0.2) is 0 Å². The molecule has 102 valence electrons. The van der Waals surface area contributed by atoms with Gasteiger partial charge in [-0.3, -0.25) is 0 Å². The summed E-state index contributed by atoms with van der Waals surface area (Å²) in [5.41, 5.74) is 2.31. The fraction of sp³-hybridized carbons (Fsp3) is 0.538. The van der Waals surface area contributed by atoms with Crippen LogP contribution in [0, 0.1) is 0 Å². The maximum atomic E-state index is 8.93. The standard InChI is InChI=1S/C13H21BrN2O2/c1-16(6-7-17)13-4-3-11(9-12(13)14)10-15-5-8-18-2/h3-4,9,15,17H,5-8,10H2,1-2H3. The van der Waals surface area contributed by atoms with Crippen LogP contribution in [0.25, 0.3) is 0 Å². The zero-order chi connectivity index (χ0) is 13.4. The predicted octanol–water partition coefficient (Wildman–Crippen LogP) is 1.61. The van der Waals surface area contributed by atoms with Gasteiger partial charge in [0.2, 0.25) is 0 Å². The summed E-state index contributed by atoms with van der Waals surface area (Å²) in [6.07, 6.45) is 0. The number of rotatable bonds is 8. The number of hydrogen-bond acceptors (Lipinski definition) is 4. The molecule has 5 heteroatoms. The van der Waals surface area contributed by atoms with Crippen LogP contribution in [0.5, 0.6) is 0 Å². The van der Waals surface area contributed by atoms with Crippen molar-refractivity contribution in [2.75, 3.05) is 45.4 Å². The van der Waals surface area contributed by atoms with Gasteiger partial charge in [-0.1, -0.05) is 6.07 Å². The Morgan fingerprint density at radius 3 is 2.83 bits per heavy atom. The Morgan fingerprint density at radius 2 is 2.22 bits per heavy atom. The molecule has 0 saturated carbocycles. The van der Waals surface area contributed by atoms with E-state index in [2.05, 4.69) is 39.4 Å². The van der Waals surface area contributed by atoms with E-state index >= 15 is 0 Å². The highest BCUT2D eigenvalue weighted by atomic mass is 79.9. The third-order valence-electron chi connectivity index (χ3n) is 2.67. The topological polar surface area (TPSA) is 44.7 Å². The van der Waals surface area contributed by atoms with E-state index in [1.165, 1.54) is 5.56 Å². The number of nitrogens with zero attached hydrogens (tertiary/aromatic N) is 1. The molecular weight excluding hydrogens is 296 g/mol. The van der Waals surface area contributed by atoms with Gasteiger partial charge in [0, 0.05) is 38.3 Å². The van der Waals surface area contributed by atoms with E-state index in [4.69, 9.17) is 9.84 Å². The zero-order valence-corrected chi connectivity index (χ0v) is 12.5. The van der Waals surface area contributed by atoms with Crippen LogP contribution in [0.2, 0.25) is 0 Å². The predicted molar refractivity (Wildman–Crippen MR) is 78.1 cm³/mol. The molecule has 0 heterocycles. The zero-order valence-electron chi connectivity index (χ0n) is 10.9. The minimum Gasteiger partial charge on any atom is -0.395 e. The molecule has 0 spiro atoms. The Kier molecular flexibility index (Phi) is 7.27. The van der Waals surface area contributed by atoms with Crippen molar-refractivity contribution in [3.8, 4) is 0 Å². The van der Waals surface area contributed by atoms with Crippen molar-refractivity contribution in [1.82, 2.24) is 5.32 Å². The van der Waals surface area contributed by atoms with Crippen molar-refractivity contribution in [2.45, 2.75) is 6.54 Å². The summed E-state index contributed by atoms with van der Waals surface area (Å²) in [4.78, 5) is 2.02. The molecule has 1 aromatic carbocycles. The summed E-state index contributed by atoms with van der Waals surface area (Å²) in [5.74, 6) is 0. The number of methoxy groups -OCH3 is 1. The Bertz CT molecular complexity index is 361. The molecular formula is C13H21BrN2O2. The molecule has 0 amide bonds. The number of benzene rings is 1. The minimum absolute atomic E-state index is 0.156. The lowest BCUT2D eigenvalue weighted by Crippen LogP contribution is -2.22. The van der Waals surface area contributed by atoms with E-state index in [1.54, 1.807) is 7.11 Å². The molecule has 0 saturated heterocycles. The molecule has 0 unspecified atom stereocenters. The molecule has 0 bridgehead atoms. The van der Waals surface area contributed by atoms with Gasteiger partial charge < -0.3 is 20.1 Å². The summed E-state index contributed by atoms with van der Waals surface area (Å²) < 4.78 is 6.02. The Balaban J connectivity index is 2.56. The summed E-state index contributed by atoms with van der Waals surface area (Å²) in [7, 11) is 3.66. The fourth-order valence-electron chi connectivity index (χ4n) is 1.65. The second-order valence-corrected chi connectivity index (χ2v) is 4.95. The van der Waals surface area contributed by atoms with Crippen molar-refractivity contribution in [3.05, 3.63) is 28.2 Å². The first-order chi connectivity index (χ1) is 8.69. The molecule has 0 fully saturated rings. The first-order valence-electron chi connectivity index (χ1n) is 5.99. The third-order valence-corrected chi connectivity index (χ3v) is 3.31. The summed E-state index contributed by atoms with van der Waals surface area (Å²) >= 11 is 3.56. The molecule has 1 aromatic rings. The number of aliphatic hydroxyl groups excluding tert-OH is 1. The van der Waals surface area contributed by atoms with Gasteiger partial charge in [-0.2, -0.15) is 0 Å². The van der Waals surface area contributed by atoms with Crippen LogP contribution < -0.4 is 10.2 Å². The fourth-order valence-corrected chi connectivity index (χ4v) is 2.38. The van der Waals surface area contributed by atoms with Gasteiger partial charge in [0.05, 0.1) is 18.9 Å². The molecule has 4 nitrogen and oxygen atoms in total. The van der Waals surface area contributed by atoms with Gasteiger partial charge >= 0.3 is 0 Å². The van der Waals surface area contributed by atoms with Gasteiger partial charge in [0.15, 0.2) is 0 Å². The number of hydrogen-bond donors (Lipinski definition) is 2. The van der Waals surface area contributed by atoms with E-state index in [0.717, 1.165) is 29.9 Å². The SMILES string of the molecule is COCCNCc1ccc(N(C)CCO)c(Br)c1. The molecule has 0 aliphatic heterocycles. The van der Waals surface area contributed by atoms with E-state index in [1.807, 2.05) is 11.9 Å². The highest BCUT2D eigenvalue weighted by Gasteiger charge is 2.05. The van der Waals surface area contributed by atoms with Crippen molar-refractivity contribution in [2.24, 2.45) is 0 Å². The van der Waals surface area contributed by atoms with Crippen molar-refractivity contribution < 1.29 is 9.84 Å². The monoisotopic (exact) mass is 316 g/mol. The highest BCUT2D eigenvalue weighted by Crippen LogP contribution is 2.26. The van der Waals surface area contributed by atoms with Crippen LogP contribution in [0.4, 0.5) is 5.69 Å². The first-order valence-corrected chi connectivity index (χ1v) is 6.78. The van der Waals surface area contributed by atoms with E-state index in [9.17, 15) is 0 Å². The molecule has 0 atom stereocenters. The molecule has 2 N–H and O–H groups in total. The summed E-state index contributed by atoms with van der Waals surface area (Å²) in [6, 6.07) is 6.25. The second-order valence-electron chi connectivity index (χ2n) is 4.10. The van der Waals surface area contributed by atoms with Crippen LogP contribution in [-0.2, 0) is 11.3 Å². The van der Waals surface area contributed by atoms with Crippen molar-refractivity contribution in [1.29, 1.82) is 0 Å². The largest absolute Gasteiger partial charge is 0.395 e. The van der Waals surface area contributed by atoms with E-state index in [0.29, 0.717) is 6.54 Å². The Labute approximate surface area is 117 Å². The number of nitrogens with one attached hydrogen (secondary N) is 1. The average molecular weight is 317 g/mol. The number of anilines is 1. The maximum Gasteiger partial charge on any atom is 0.0606 e. The first kappa shape index (κ1) is 15.4. The Hall–Kier alpha value is -0.620. The van der Waals surface area contributed by atoms with Crippen LogP contribution in [0.1, 0.15) is 5.56 Å². The summed E-state index contributed by atoms with van der Waals surface area (Å²) in [5, 5.41) is 12.2. The average Bonchev–Trinajstić information content (AvgIpc) is 2.35. The smallest absolute Gasteiger partial charge is 0.0606 e. The van der Waals surface area contributed by atoms with Crippen LogP contribution in [0.15, 0.2) is 22.7 Å².